The Labute approximate surface area is 104 Å². The average Bonchev–Trinajstić information content (AvgIpc) is 2.35. The number of benzene rings is 1. The van der Waals surface area contributed by atoms with Gasteiger partial charge >= 0.3 is 5.63 Å². The van der Waals surface area contributed by atoms with Crippen LogP contribution >= 0.6 is 0 Å². The molecule has 1 heterocycles. The van der Waals surface area contributed by atoms with Gasteiger partial charge in [-0.15, -0.1) is 0 Å². The molecule has 0 saturated heterocycles. The van der Waals surface area contributed by atoms with Crippen molar-refractivity contribution in [2.45, 2.75) is 26.2 Å². The SMILES string of the molecule is CCCCc1cc(=O)oc2c(C=O)c(O)ccc12. The second-order valence-electron chi connectivity index (χ2n) is 4.19. The third-order valence-corrected chi connectivity index (χ3v) is 2.93. The van der Waals surface area contributed by atoms with Gasteiger partial charge in [0.25, 0.3) is 0 Å². The molecule has 4 heteroatoms. The minimum absolute atomic E-state index is 0.0305. The van der Waals surface area contributed by atoms with Gasteiger partial charge in [0.1, 0.15) is 5.75 Å². The van der Waals surface area contributed by atoms with Crippen LogP contribution in [-0.4, -0.2) is 11.4 Å². The third kappa shape index (κ3) is 2.14. The lowest BCUT2D eigenvalue weighted by atomic mass is 10.0. The summed E-state index contributed by atoms with van der Waals surface area (Å²) >= 11 is 0. The first kappa shape index (κ1) is 12.4. The summed E-state index contributed by atoms with van der Waals surface area (Å²) in [7, 11) is 0. The molecule has 2 rings (SSSR count). The summed E-state index contributed by atoms with van der Waals surface area (Å²) in [6, 6.07) is 4.57. The van der Waals surface area contributed by atoms with Crippen LogP contribution in [0.3, 0.4) is 0 Å². The van der Waals surface area contributed by atoms with Crippen LogP contribution in [0, 0.1) is 0 Å². The quantitative estimate of drug-likeness (QED) is 0.665. The zero-order valence-corrected chi connectivity index (χ0v) is 10.1. The molecule has 18 heavy (non-hydrogen) atoms. The van der Waals surface area contributed by atoms with Crippen molar-refractivity contribution in [3.63, 3.8) is 0 Å². The molecule has 2 aromatic rings. The Hall–Kier alpha value is -2.10. The van der Waals surface area contributed by atoms with E-state index in [2.05, 4.69) is 6.92 Å². The number of rotatable bonds is 4. The summed E-state index contributed by atoms with van der Waals surface area (Å²) < 4.78 is 5.04. The minimum Gasteiger partial charge on any atom is -0.507 e. The van der Waals surface area contributed by atoms with Gasteiger partial charge in [-0.1, -0.05) is 13.3 Å². The molecule has 0 saturated carbocycles. The van der Waals surface area contributed by atoms with Gasteiger partial charge < -0.3 is 9.52 Å². The number of carbonyl (C=O) groups is 1. The van der Waals surface area contributed by atoms with E-state index in [1.54, 1.807) is 6.07 Å². The van der Waals surface area contributed by atoms with Crippen LogP contribution in [0.5, 0.6) is 5.75 Å². The summed E-state index contributed by atoms with van der Waals surface area (Å²) in [5.74, 6) is -0.173. The van der Waals surface area contributed by atoms with E-state index in [0.29, 0.717) is 11.7 Å². The predicted molar refractivity (Wildman–Crippen MR) is 68.1 cm³/mol. The fourth-order valence-corrected chi connectivity index (χ4v) is 1.99. The first-order valence-corrected chi connectivity index (χ1v) is 5.91. The second kappa shape index (κ2) is 5.04. The molecule has 0 spiro atoms. The van der Waals surface area contributed by atoms with E-state index < -0.39 is 5.63 Å². The fourth-order valence-electron chi connectivity index (χ4n) is 1.99. The molecular weight excluding hydrogens is 232 g/mol. The number of hydrogen-bond donors (Lipinski definition) is 1. The van der Waals surface area contributed by atoms with E-state index in [4.69, 9.17) is 4.42 Å². The maximum atomic E-state index is 11.5. The van der Waals surface area contributed by atoms with Crippen LogP contribution in [0.25, 0.3) is 11.0 Å². The Kier molecular flexibility index (Phi) is 3.46. The molecule has 0 fully saturated rings. The molecule has 1 aromatic carbocycles. The van der Waals surface area contributed by atoms with Gasteiger partial charge in [0.15, 0.2) is 11.9 Å². The van der Waals surface area contributed by atoms with Crippen LogP contribution in [0.2, 0.25) is 0 Å². The average molecular weight is 246 g/mol. The highest BCUT2D eigenvalue weighted by Gasteiger charge is 2.12. The smallest absolute Gasteiger partial charge is 0.336 e. The number of phenolic OH excluding ortho intramolecular Hbond substituents is 1. The van der Waals surface area contributed by atoms with E-state index in [1.165, 1.54) is 12.1 Å². The van der Waals surface area contributed by atoms with Crippen molar-refractivity contribution in [2.75, 3.05) is 0 Å². The van der Waals surface area contributed by atoms with Crippen molar-refractivity contribution in [1.82, 2.24) is 0 Å². The van der Waals surface area contributed by atoms with Crippen molar-refractivity contribution in [3.8, 4) is 5.75 Å². The zero-order chi connectivity index (χ0) is 13.1. The molecule has 1 N–H and O–H groups in total. The number of aldehydes is 1. The molecule has 0 atom stereocenters. The van der Waals surface area contributed by atoms with E-state index in [0.717, 1.165) is 24.8 Å². The molecule has 0 aliphatic carbocycles. The molecule has 0 bridgehead atoms. The van der Waals surface area contributed by atoms with E-state index >= 15 is 0 Å². The number of carbonyl (C=O) groups excluding carboxylic acids is 1. The molecular formula is C14H14O4. The fraction of sp³-hybridized carbons (Fsp3) is 0.286. The zero-order valence-electron chi connectivity index (χ0n) is 10.1. The number of hydrogen-bond acceptors (Lipinski definition) is 4. The van der Waals surface area contributed by atoms with Gasteiger partial charge in [-0.2, -0.15) is 0 Å². The maximum absolute atomic E-state index is 11.5. The number of aryl methyl sites for hydroxylation is 1. The first-order chi connectivity index (χ1) is 8.67. The van der Waals surface area contributed by atoms with Crippen molar-refractivity contribution in [1.29, 1.82) is 0 Å². The van der Waals surface area contributed by atoms with Crippen LogP contribution in [0.1, 0.15) is 35.7 Å². The minimum atomic E-state index is -0.498. The standard InChI is InChI=1S/C14H14O4/c1-2-3-4-9-7-13(17)18-14-10(9)5-6-12(16)11(14)8-15/h5-8,16H,2-4H2,1H3. The summed E-state index contributed by atoms with van der Waals surface area (Å²) in [6.45, 7) is 2.07. The number of phenols is 1. The number of unbranched alkanes of at least 4 members (excludes halogenated alkanes) is 1. The van der Waals surface area contributed by atoms with Gasteiger partial charge in [0.2, 0.25) is 0 Å². The van der Waals surface area contributed by atoms with Crippen LogP contribution in [0.4, 0.5) is 0 Å². The Balaban J connectivity index is 2.73. The molecule has 0 amide bonds. The Bertz CT molecular complexity index is 640. The lowest BCUT2D eigenvalue weighted by Gasteiger charge is -2.07. The van der Waals surface area contributed by atoms with Crippen LogP contribution in [0.15, 0.2) is 27.4 Å². The van der Waals surface area contributed by atoms with E-state index in [1.807, 2.05) is 0 Å². The third-order valence-electron chi connectivity index (χ3n) is 2.93. The summed E-state index contributed by atoms with van der Waals surface area (Å²) in [5.41, 5.74) is 0.556. The monoisotopic (exact) mass is 246 g/mol. The van der Waals surface area contributed by atoms with Crippen molar-refractivity contribution < 1.29 is 14.3 Å². The molecule has 0 unspecified atom stereocenters. The lowest BCUT2D eigenvalue weighted by Crippen LogP contribution is -2.02. The largest absolute Gasteiger partial charge is 0.507 e. The molecule has 0 aliphatic rings. The van der Waals surface area contributed by atoms with Crippen molar-refractivity contribution >= 4 is 17.3 Å². The normalized spacial score (nSPS) is 10.7. The van der Waals surface area contributed by atoms with Gasteiger partial charge in [-0.25, -0.2) is 4.79 Å². The highest BCUT2D eigenvalue weighted by molar-refractivity contribution is 5.98. The molecule has 1 aromatic heterocycles. The topological polar surface area (TPSA) is 67.5 Å². The maximum Gasteiger partial charge on any atom is 0.336 e. The molecule has 0 radical (unpaired) electrons. The van der Waals surface area contributed by atoms with E-state index in [9.17, 15) is 14.7 Å². The van der Waals surface area contributed by atoms with Crippen molar-refractivity contribution in [2.24, 2.45) is 0 Å². The number of aromatic hydroxyl groups is 1. The van der Waals surface area contributed by atoms with Crippen LogP contribution < -0.4 is 5.63 Å². The van der Waals surface area contributed by atoms with Gasteiger partial charge in [0.05, 0.1) is 5.56 Å². The van der Waals surface area contributed by atoms with Crippen LogP contribution in [-0.2, 0) is 6.42 Å². The first-order valence-electron chi connectivity index (χ1n) is 5.91. The Morgan fingerprint density at radius 2 is 2.17 bits per heavy atom. The molecule has 4 nitrogen and oxygen atoms in total. The predicted octanol–water partition coefficient (Wildman–Crippen LogP) is 2.65. The second-order valence-corrected chi connectivity index (χ2v) is 4.19. The number of fused-ring (bicyclic) bond motifs is 1. The lowest BCUT2D eigenvalue weighted by molar-refractivity contribution is 0.112. The summed E-state index contributed by atoms with van der Waals surface area (Å²) in [5, 5.41) is 10.3. The Morgan fingerprint density at radius 3 is 2.83 bits per heavy atom. The van der Waals surface area contributed by atoms with Gasteiger partial charge in [-0.05, 0) is 30.5 Å². The highest BCUT2D eigenvalue weighted by Crippen LogP contribution is 2.27. The van der Waals surface area contributed by atoms with Gasteiger partial charge in [-0.3, -0.25) is 4.79 Å². The highest BCUT2D eigenvalue weighted by atomic mass is 16.4. The summed E-state index contributed by atoms with van der Waals surface area (Å²) in [4.78, 5) is 22.4. The van der Waals surface area contributed by atoms with E-state index in [-0.39, 0.29) is 16.9 Å². The summed E-state index contributed by atoms with van der Waals surface area (Å²) in [6.07, 6.45) is 3.22. The van der Waals surface area contributed by atoms with Crippen molar-refractivity contribution in [3.05, 3.63) is 39.7 Å². The molecule has 94 valence electrons. The Morgan fingerprint density at radius 1 is 1.39 bits per heavy atom. The molecule has 0 aliphatic heterocycles. The van der Waals surface area contributed by atoms with Gasteiger partial charge in [0, 0.05) is 11.5 Å².